The zero-order valence-corrected chi connectivity index (χ0v) is 7.00. The fourth-order valence-electron chi connectivity index (χ4n) is 1.09. The monoisotopic (exact) mass is 181 g/mol. The van der Waals surface area contributed by atoms with Crippen LogP contribution in [-0.4, -0.2) is 22.1 Å². The minimum Gasteiger partial charge on any atom is -0.383 e. The largest absolute Gasteiger partial charge is 0.383 e. The van der Waals surface area contributed by atoms with Crippen molar-refractivity contribution in [3.05, 3.63) is 5.56 Å². The van der Waals surface area contributed by atoms with Crippen LogP contribution >= 0.6 is 0 Å². The number of rotatable bonds is 2. The smallest absolute Gasteiger partial charge is 0.259 e. The van der Waals surface area contributed by atoms with E-state index in [1.165, 1.54) is 0 Å². The van der Waals surface area contributed by atoms with Gasteiger partial charge in [0.15, 0.2) is 5.82 Å². The van der Waals surface area contributed by atoms with Crippen LogP contribution in [-0.2, 0) is 0 Å². The van der Waals surface area contributed by atoms with E-state index in [1.54, 1.807) is 0 Å². The van der Waals surface area contributed by atoms with Crippen LogP contribution in [0.3, 0.4) is 0 Å². The average molecular weight is 181 g/mol. The molecule has 1 fully saturated rings. The Hall–Kier alpha value is -1.72. The predicted molar refractivity (Wildman–Crippen MR) is 47.9 cm³/mol. The molecule has 1 amide bonds. The fraction of sp³-hybridized carbons (Fsp3) is 0.429. The quantitative estimate of drug-likeness (QED) is 0.491. The van der Waals surface area contributed by atoms with Gasteiger partial charge in [0.05, 0.1) is 0 Å². The van der Waals surface area contributed by atoms with E-state index in [1.807, 2.05) is 0 Å². The van der Waals surface area contributed by atoms with Crippen molar-refractivity contribution in [2.24, 2.45) is 0 Å². The number of carbonyl (C=O) groups is 1. The first-order valence-electron chi connectivity index (χ1n) is 4.08. The number of H-pyrrole nitrogens is 1. The molecule has 0 bridgehead atoms. The molecule has 0 saturated heterocycles. The van der Waals surface area contributed by atoms with Gasteiger partial charge >= 0.3 is 0 Å². The second kappa shape index (κ2) is 2.65. The minimum absolute atomic E-state index is 0.149. The molecule has 0 aromatic carbocycles. The SMILES string of the molecule is Nc1n[nH]c(N)c1C(=O)NC1CC1. The number of anilines is 2. The lowest BCUT2D eigenvalue weighted by molar-refractivity contribution is 0.0953. The summed E-state index contributed by atoms with van der Waals surface area (Å²) < 4.78 is 0. The second-order valence-corrected chi connectivity index (χ2v) is 3.15. The molecule has 2 rings (SSSR count). The summed E-state index contributed by atoms with van der Waals surface area (Å²) in [6.07, 6.45) is 2.06. The van der Waals surface area contributed by atoms with Crippen molar-refractivity contribution in [2.75, 3.05) is 11.5 Å². The van der Waals surface area contributed by atoms with Crippen LogP contribution in [0.15, 0.2) is 0 Å². The molecular formula is C7H11N5O. The Morgan fingerprint density at radius 2 is 2.23 bits per heavy atom. The van der Waals surface area contributed by atoms with E-state index in [0.717, 1.165) is 12.8 Å². The Bertz CT molecular complexity index is 321. The van der Waals surface area contributed by atoms with Gasteiger partial charge in [-0.3, -0.25) is 9.89 Å². The third kappa shape index (κ3) is 1.42. The lowest BCUT2D eigenvalue weighted by Gasteiger charge is -2.01. The molecule has 0 spiro atoms. The molecule has 1 aliphatic rings. The Kier molecular flexibility index (Phi) is 1.61. The van der Waals surface area contributed by atoms with E-state index in [2.05, 4.69) is 15.5 Å². The van der Waals surface area contributed by atoms with Gasteiger partial charge in [-0.15, -0.1) is 0 Å². The van der Waals surface area contributed by atoms with Crippen molar-refractivity contribution < 1.29 is 4.79 Å². The Balaban J connectivity index is 2.17. The number of nitrogens with one attached hydrogen (secondary N) is 2. The van der Waals surface area contributed by atoms with Crippen molar-refractivity contribution in [3.63, 3.8) is 0 Å². The van der Waals surface area contributed by atoms with E-state index in [-0.39, 0.29) is 23.1 Å². The molecule has 0 unspecified atom stereocenters. The average Bonchev–Trinajstić information content (AvgIpc) is 2.79. The summed E-state index contributed by atoms with van der Waals surface area (Å²) in [4.78, 5) is 11.5. The van der Waals surface area contributed by atoms with Crippen molar-refractivity contribution in [1.29, 1.82) is 0 Å². The van der Waals surface area contributed by atoms with Crippen molar-refractivity contribution in [2.45, 2.75) is 18.9 Å². The second-order valence-electron chi connectivity index (χ2n) is 3.15. The first-order valence-corrected chi connectivity index (χ1v) is 4.08. The summed E-state index contributed by atoms with van der Waals surface area (Å²) in [5, 5.41) is 8.86. The van der Waals surface area contributed by atoms with E-state index >= 15 is 0 Å². The molecule has 1 heterocycles. The van der Waals surface area contributed by atoms with Crippen LogP contribution < -0.4 is 16.8 Å². The highest BCUT2D eigenvalue weighted by Crippen LogP contribution is 2.21. The third-order valence-corrected chi connectivity index (χ3v) is 1.96. The van der Waals surface area contributed by atoms with Crippen LogP contribution in [0.4, 0.5) is 11.6 Å². The normalized spacial score (nSPS) is 15.7. The van der Waals surface area contributed by atoms with Gasteiger partial charge in [-0.25, -0.2) is 0 Å². The van der Waals surface area contributed by atoms with Crippen molar-refractivity contribution >= 4 is 17.5 Å². The molecular weight excluding hydrogens is 170 g/mol. The third-order valence-electron chi connectivity index (χ3n) is 1.96. The zero-order valence-electron chi connectivity index (χ0n) is 7.00. The molecule has 1 saturated carbocycles. The molecule has 6 N–H and O–H groups in total. The number of nitrogens with two attached hydrogens (primary N) is 2. The Morgan fingerprint density at radius 1 is 1.54 bits per heavy atom. The summed E-state index contributed by atoms with van der Waals surface area (Å²) in [6.45, 7) is 0. The molecule has 13 heavy (non-hydrogen) atoms. The molecule has 6 heteroatoms. The topological polar surface area (TPSA) is 110 Å². The molecule has 1 aliphatic carbocycles. The lowest BCUT2D eigenvalue weighted by Crippen LogP contribution is -2.26. The number of hydrogen-bond donors (Lipinski definition) is 4. The highest BCUT2D eigenvalue weighted by atomic mass is 16.1. The summed E-state index contributed by atoms with van der Waals surface area (Å²) in [6, 6.07) is 0.293. The fourth-order valence-corrected chi connectivity index (χ4v) is 1.09. The maximum atomic E-state index is 11.5. The van der Waals surface area contributed by atoms with Crippen LogP contribution in [0.25, 0.3) is 0 Å². The van der Waals surface area contributed by atoms with Gasteiger partial charge in [0.1, 0.15) is 11.4 Å². The Morgan fingerprint density at radius 3 is 2.69 bits per heavy atom. The van der Waals surface area contributed by atoms with Gasteiger partial charge in [0.2, 0.25) is 0 Å². The standard InChI is InChI=1S/C7H11N5O/c8-5-4(6(9)12-11-5)7(13)10-3-1-2-3/h3H,1-2H2,(H,10,13)(H5,8,9,11,12). The predicted octanol–water partition coefficient (Wildman–Crippen LogP) is -0.534. The molecule has 0 aliphatic heterocycles. The molecule has 0 atom stereocenters. The van der Waals surface area contributed by atoms with Gasteiger partial charge in [0, 0.05) is 6.04 Å². The van der Waals surface area contributed by atoms with Crippen LogP contribution in [0.5, 0.6) is 0 Å². The molecule has 6 nitrogen and oxygen atoms in total. The maximum Gasteiger partial charge on any atom is 0.259 e. The van der Waals surface area contributed by atoms with Gasteiger partial charge < -0.3 is 16.8 Å². The molecule has 1 aromatic heterocycles. The van der Waals surface area contributed by atoms with Gasteiger partial charge in [-0.05, 0) is 12.8 Å². The number of nitrogens with zero attached hydrogens (tertiary/aromatic N) is 1. The number of nitrogen functional groups attached to an aromatic ring is 2. The number of carbonyl (C=O) groups excluding carboxylic acids is 1. The first kappa shape index (κ1) is 7.90. The number of amides is 1. The molecule has 70 valence electrons. The summed E-state index contributed by atoms with van der Waals surface area (Å²) in [7, 11) is 0. The van der Waals surface area contributed by atoms with Gasteiger partial charge in [-0.2, -0.15) is 5.10 Å². The minimum atomic E-state index is -0.244. The lowest BCUT2D eigenvalue weighted by atomic mass is 10.3. The summed E-state index contributed by atoms with van der Waals surface area (Å²) in [5.41, 5.74) is 11.2. The van der Waals surface area contributed by atoms with Crippen LogP contribution in [0.1, 0.15) is 23.2 Å². The van der Waals surface area contributed by atoms with Gasteiger partial charge in [0.25, 0.3) is 5.91 Å². The van der Waals surface area contributed by atoms with E-state index in [0.29, 0.717) is 6.04 Å². The van der Waals surface area contributed by atoms with Crippen molar-refractivity contribution in [3.8, 4) is 0 Å². The van der Waals surface area contributed by atoms with Crippen LogP contribution in [0.2, 0.25) is 0 Å². The molecule has 0 radical (unpaired) electrons. The van der Waals surface area contributed by atoms with E-state index in [9.17, 15) is 4.79 Å². The van der Waals surface area contributed by atoms with E-state index in [4.69, 9.17) is 11.5 Å². The highest BCUT2D eigenvalue weighted by Gasteiger charge is 2.26. The first-order chi connectivity index (χ1) is 6.18. The maximum absolute atomic E-state index is 11.5. The number of hydrogen-bond acceptors (Lipinski definition) is 4. The molecule has 1 aromatic rings. The summed E-state index contributed by atoms with van der Waals surface area (Å²) >= 11 is 0. The van der Waals surface area contributed by atoms with Crippen molar-refractivity contribution in [1.82, 2.24) is 15.5 Å². The highest BCUT2D eigenvalue weighted by molar-refractivity contribution is 6.02. The Labute approximate surface area is 74.7 Å². The van der Waals surface area contributed by atoms with E-state index < -0.39 is 0 Å². The number of aromatic nitrogens is 2. The number of aromatic amines is 1. The van der Waals surface area contributed by atoms with Crippen LogP contribution in [0, 0.1) is 0 Å². The summed E-state index contributed by atoms with van der Waals surface area (Å²) in [5.74, 6) is 0.123. The zero-order chi connectivity index (χ0) is 9.42. The van der Waals surface area contributed by atoms with Gasteiger partial charge in [-0.1, -0.05) is 0 Å².